The summed E-state index contributed by atoms with van der Waals surface area (Å²) in [5.74, 6) is -1.71. The van der Waals surface area contributed by atoms with E-state index in [1.807, 2.05) is 19.1 Å². The number of aryl methyl sites for hydroxylation is 1. The lowest BCUT2D eigenvalue weighted by Gasteiger charge is -2.15. The number of benzene rings is 4. The summed E-state index contributed by atoms with van der Waals surface area (Å²) in [5.41, 5.74) is 4.57. The molecule has 0 aliphatic carbocycles. The molecule has 41 heavy (non-hydrogen) atoms. The molecule has 0 unspecified atom stereocenters. The molecule has 4 aromatic carbocycles. The summed E-state index contributed by atoms with van der Waals surface area (Å²) in [6.45, 7) is 1.50. The highest BCUT2D eigenvalue weighted by Crippen LogP contribution is 2.32. The van der Waals surface area contributed by atoms with Crippen LogP contribution in [0.15, 0.2) is 102 Å². The van der Waals surface area contributed by atoms with Gasteiger partial charge in [0.1, 0.15) is 0 Å². The standard InChI is InChI=1S/C33H21BrN2O5/c1-19-5-4-8-24-27(33(40)41-18-29(37)21-9-13-22(34)14-10-21)17-28(35-30(19)24)20-11-15-23(16-12-20)36-31(38)25-6-2-3-7-26(25)32(36)39/h2-17H,18H2,1H3. The largest absolute Gasteiger partial charge is 0.454 e. The van der Waals surface area contributed by atoms with Crippen molar-refractivity contribution < 1.29 is 23.9 Å². The zero-order valence-electron chi connectivity index (χ0n) is 21.8. The first-order valence-electron chi connectivity index (χ1n) is 12.8. The van der Waals surface area contributed by atoms with E-state index >= 15 is 0 Å². The van der Waals surface area contributed by atoms with Crippen LogP contribution in [-0.2, 0) is 4.74 Å². The maximum absolute atomic E-state index is 13.3. The fraction of sp³-hybridized carbons (Fsp3) is 0.0606. The molecule has 0 saturated heterocycles. The van der Waals surface area contributed by atoms with Gasteiger partial charge in [-0.1, -0.05) is 70.5 Å². The molecule has 1 aliphatic rings. The van der Waals surface area contributed by atoms with Crippen LogP contribution >= 0.6 is 15.9 Å². The molecule has 0 fully saturated rings. The minimum absolute atomic E-state index is 0.279. The summed E-state index contributed by atoms with van der Waals surface area (Å²) < 4.78 is 6.29. The number of fused-ring (bicyclic) bond motifs is 2. The van der Waals surface area contributed by atoms with E-state index in [0.29, 0.717) is 44.5 Å². The zero-order valence-corrected chi connectivity index (χ0v) is 23.3. The number of carbonyl (C=O) groups is 4. The molecule has 0 saturated carbocycles. The van der Waals surface area contributed by atoms with Crippen molar-refractivity contribution in [3.63, 3.8) is 0 Å². The fourth-order valence-electron chi connectivity index (χ4n) is 4.84. The monoisotopic (exact) mass is 604 g/mol. The third-order valence-electron chi connectivity index (χ3n) is 6.98. The summed E-state index contributed by atoms with van der Waals surface area (Å²) >= 11 is 3.34. The summed E-state index contributed by atoms with van der Waals surface area (Å²) in [4.78, 5) is 57.6. The highest BCUT2D eigenvalue weighted by molar-refractivity contribution is 9.10. The Kier molecular flexibility index (Phi) is 6.77. The Bertz CT molecular complexity index is 1850. The number of Topliss-reactive ketones (excluding diaryl/α,β-unsaturated/α-hetero) is 1. The van der Waals surface area contributed by atoms with Gasteiger partial charge in [0, 0.05) is 21.0 Å². The Balaban J connectivity index is 1.30. The number of nitrogens with zero attached hydrogens (tertiary/aromatic N) is 2. The Morgan fingerprint density at radius 1 is 0.829 bits per heavy atom. The summed E-state index contributed by atoms with van der Waals surface area (Å²) in [5, 5.41) is 0.609. The lowest BCUT2D eigenvalue weighted by atomic mass is 10.0. The van der Waals surface area contributed by atoms with E-state index in [1.54, 1.807) is 84.9 Å². The molecule has 8 heteroatoms. The number of rotatable bonds is 6. The minimum atomic E-state index is -0.641. The number of hydrogen-bond acceptors (Lipinski definition) is 6. The van der Waals surface area contributed by atoms with E-state index in [1.165, 1.54) is 0 Å². The summed E-state index contributed by atoms with van der Waals surface area (Å²) in [6.07, 6.45) is 0. The molecule has 1 aromatic heterocycles. The molecule has 0 radical (unpaired) electrons. The van der Waals surface area contributed by atoms with Crippen molar-refractivity contribution in [2.24, 2.45) is 0 Å². The number of aromatic nitrogens is 1. The van der Waals surface area contributed by atoms with Crippen LogP contribution in [0.5, 0.6) is 0 Å². The molecule has 7 nitrogen and oxygen atoms in total. The van der Waals surface area contributed by atoms with Gasteiger partial charge in [0.2, 0.25) is 0 Å². The Labute approximate surface area is 243 Å². The van der Waals surface area contributed by atoms with E-state index in [2.05, 4.69) is 15.9 Å². The van der Waals surface area contributed by atoms with Crippen molar-refractivity contribution in [1.82, 2.24) is 4.98 Å². The van der Waals surface area contributed by atoms with E-state index < -0.39 is 12.6 Å². The number of anilines is 1. The van der Waals surface area contributed by atoms with Crippen molar-refractivity contribution in [2.45, 2.75) is 6.92 Å². The van der Waals surface area contributed by atoms with E-state index in [0.717, 1.165) is 14.9 Å². The summed E-state index contributed by atoms with van der Waals surface area (Å²) in [6, 6.07) is 27.5. The Hall–Kier alpha value is -4.95. The number of amides is 2. The van der Waals surface area contributed by atoms with Gasteiger partial charge in [-0.3, -0.25) is 14.4 Å². The van der Waals surface area contributed by atoms with Crippen molar-refractivity contribution >= 4 is 56.1 Å². The highest BCUT2D eigenvalue weighted by atomic mass is 79.9. The number of carbonyl (C=O) groups excluding carboxylic acids is 4. The molecule has 0 atom stereocenters. The molecule has 5 aromatic rings. The van der Waals surface area contributed by atoms with Gasteiger partial charge in [-0.2, -0.15) is 0 Å². The van der Waals surface area contributed by atoms with Crippen LogP contribution in [0.2, 0.25) is 0 Å². The normalized spacial score (nSPS) is 12.5. The average Bonchev–Trinajstić information content (AvgIpc) is 3.25. The molecule has 2 heterocycles. The number of ether oxygens (including phenoxy) is 1. The van der Waals surface area contributed by atoms with Gasteiger partial charge in [-0.25, -0.2) is 14.7 Å². The Morgan fingerprint density at radius 2 is 1.49 bits per heavy atom. The Morgan fingerprint density at radius 3 is 2.15 bits per heavy atom. The molecule has 200 valence electrons. The second-order valence-electron chi connectivity index (χ2n) is 9.57. The molecule has 1 aliphatic heterocycles. The second-order valence-corrected chi connectivity index (χ2v) is 10.5. The van der Waals surface area contributed by atoms with Gasteiger partial charge >= 0.3 is 5.97 Å². The lowest BCUT2D eigenvalue weighted by molar-refractivity contribution is 0.0476. The van der Waals surface area contributed by atoms with Crippen LogP contribution in [0.3, 0.4) is 0 Å². The van der Waals surface area contributed by atoms with Crippen LogP contribution in [0.4, 0.5) is 5.69 Å². The van der Waals surface area contributed by atoms with E-state index in [-0.39, 0.29) is 23.2 Å². The topological polar surface area (TPSA) is 93.6 Å². The van der Waals surface area contributed by atoms with Gasteiger partial charge in [-0.15, -0.1) is 0 Å². The first-order valence-corrected chi connectivity index (χ1v) is 13.6. The first-order chi connectivity index (χ1) is 19.8. The third kappa shape index (κ3) is 4.83. The molecule has 0 spiro atoms. The van der Waals surface area contributed by atoms with Gasteiger partial charge in [0.15, 0.2) is 12.4 Å². The molecule has 0 N–H and O–H groups in total. The number of hydrogen-bond donors (Lipinski definition) is 0. The fourth-order valence-corrected chi connectivity index (χ4v) is 5.11. The average molecular weight is 605 g/mol. The molecule has 2 amide bonds. The smallest absolute Gasteiger partial charge is 0.339 e. The maximum atomic E-state index is 13.3. The number of pyridine rings is 1. The predicted molar refractivity (Wildman–Crippen MR) is 158 cm³/mol. The molecule has 0 bridgehead atoms. The van der Waals surface area contributed by atoms with E-state index in [4.69, 9.17) is 9.72 Å². The maximum Gasteiger partial charge on any atom is 0.339 e. The molecular formula is C33H21BrN2O5. The molecule has 6 rings (SSSR count). The third-order valence-corrected chi connectivity index (χ3v) is 7.51. The number of esters is 1. The van der Waals surface area contributed by atoms with Crippen molar-refractivity contribution in [1.29, 1.82) is 0 Å². The van der Waals surface area contributed by atoms with Crippen molar-refractivity contribution in [3.8, 4) is 11.3 Å². The molecular weight excluding hydrogens is 584 g/mol. The zero-order chi connectivity index (χ0) is 28.7. The van der Waals surface area contributed by atoms with Crippen LogP contribution in [0.1, 0.15) is 47.0 Å². The highest BCUT2D eigenvalue weighted by Gasteiger charge is 2.36. The van der Waals surface area contributed by atoms with E-state index in [9.17, 15) is 19.2 Å². The van der Waals surface area contributed by atoms with Gasteiger partial charge in [-0.05, 0) is 55.0 Å². The minimum Gasteiger partial charge on any atom is -0.454 e. The van der Waals surface area contributed by atoms with Crippen LogP contribution in [-0.4, -0.2) is 35.2 Å². The van der Waals surface area contributed by atoms with Crippen LogP contribution in [0, 0.1) is 6.92 Å². The van der Waals surface area contributed by atoms with Crippen LogP contribution in [0.25, 0.3) is 22.2 Å². The second kappa shape index (κ2) is 10.6. The van der Waals surface area contributed by atoms with Gasteiger partial charge in [0.05, 0.1) is 33.6 Å². The number of imide groups is 1. The quantitative estimate of drug-likeness (QED) is 0.120. The van der Waals surface area contributed by atoms with Crippen LogP contribution < -0.4 is 4.90 Å². The van der Waals surface area contributed by atoms with Gasteiger partial charge in [0.25, 0.3) is 11.8 Å². The van der Waals surface area contributed by atoms with Crippen molar-refractivity contribution in [3.05, 3.63) is 129 Å². The lowest BCUT2D eigenvalue weighted by Crippen LogP contribution is -2.29. The predicted octanol–water partition coefficient (Wildman–Crippen LogP) is 6.81. The number of halogens is 1. The number of ketones is 1. The summed E-state index contributed by atoms with van der Waals surface area (Å²) in [7, 11) is 0. The SMILES string of the molecule is Cc1cccc2c(C(=O)OCC(=O)c3ccc(Br)cc3)cc(-c3ccc(N4C(=O)c5ccccc5C4=O)cc3)nc12. The first kappa shape index (κ1) is 26.3. The van der Waals surface area contributed by atoms with Crippen molar-refractivity contribution in [2.75, 3.05) is 11.5 Å². The van der Waals surface area contributed by atoms with Gasteiger partial charge < -0.3 is 4.74 Å². The number of para-hydroxylation sites is 1.